The number of aromatic amines is 1. The van der Waals surface area contributed by atoms with E-state index in [-0.39, 0.29) is 21.7 Å². The average molecular weight is 298 g/mol. The number of nitrogens with two attached hydrogens (primary N) is 1. The molecule has 1 unspecified atom stereocenters. The number of rotatable bonds is 3. The van der Waals surface area contributed by atoms with Crippen molar-refractivity contribution < 1.29 is 9.59 Å². The van der Waals surface area contributed by atoms with Crippen molar-refractivity contribution >= 4 is 46.6 Å². The number of amides is 1. The van der Waals surface area contributed by atoms with E-state index in [4.69, 9.17) is 18.0 Å². The fourth-order valence-electron chi connectivity index (χ4n) is 1.95. The largest absolute Gasteiger partial charge is 0.385 e. The Morgan fingerprint density at radius 3 is 3.11 bits per heavy atom. The summed E-state index contributed by atoms with van der Waals surface area (Å²) in [6.07, 6.45) is 0.424. The number of hydrogen-bond acceptors (Lipinski definition) is 6. The van der Waals surface area contributed by atoms with Gasteiger partial charge in [-0.3, -0.25) is 14.5 Å². The number of nitrogens with one attached hydrogen (secondary N) is 1. The van der Waals surface area contributed by atoms with E-state index in [2.05, 4.69) is 9.97 Å². The maximum atomic E-state index is 12.0. The highest BCUT2D eigenvalue weighted by atomic mass is 32.2. The Morgan fingerprint density at radius 1 is 1.74 bits per heavy atom. The lowest BCUT2D eigenvalue weighted by Gasteiger charge is -2.15. The molecule has 3 N–H and O–H groups in total. The molecule has 1 saturated heterocycles. The molecule has 2 heterocycles. The minimum Gasteiger partial charge on any atom is -0.385 e. The first kappa shape index (κ1) is 14.0. The average Bonchev–Trinajstić information content (AvgIpc) is 2.66. The SMILES string of the molecule is CC(=O)SCC1CC(=O)N(c2cc(N)[nH]c(=S)n2)C1. The lowest BCUT2D eigenvalue weighted by Crippen LogP contribution is -2.26. The summed E-state index contributed by atoms with van der Waals surface area (Å²) in [4.78, 5) is 31.3. The molecule has 0 spiro atoms. The quantitative estimate of drug-likeness (QED) is 0.818. The summed E-state index contributed by atoms with van der Waals surface area (Å²) in [6, 6.07) is 1.59. The molecule has 0 aliphatic carbocycles. The van der Waals surface area contributed by atoms with Crippen LogP contribution in [0.1, 0.15) is 13.3 Å². The Bertz CT molecular complexity index is 572. The Labute approximate surface area is 119 Å². The molecule has 1 amide bonds. The van der Waals surface area contributed by atoms with Gasteiger partial charge in [0.15, 0.2) is 9.89 Å². The summed E-state index contributed by atoms with van der Waals surface area (Å²) in [7, 11) is 0. The van der Waals surface area contributed by atoms with Crippen molar-refractivity contribution in [3.63, 3.8) is 0 Å². The second-order valence-electron chi connectivity index (χ2n) is 4.38. The standard InChI is InChI=1S/C11H14N4O2S2/c1-6(16)19-5-7-2-10(17)15(4-7)9-3-8(12)13-11(18)14-9/h3,7H,2,4-5H2,1H3,(H3,12,13,14,18). The van der Waals surface area contributed by atoms with Gasteiger partial charge in [0.05, 0.1) is 0 Å². The predicted molar refractivity (Wildman–Crippen MR) is 77.4 cm³/mol. The Kier molecular flexibility index (Phi) is 4.20. The van der Waals surface area contributed by atoms with Gasteiger partial charge in [-0.05, 0) is 18.1 Å². The molecule has 1 atom stereocenters. The van der Waals surface area contributed by atoms with E-state index in [1.165, 1.54) is 18.7 Å². The van der Waals surface area contributed by atoms with Gasteiger partial charge in [0, 0.05) is 31.7 Å². The second-order valence-corrected chi connectivity index (χ2v) is 5.96. The molecule has 2 rings (SSSR count). The van der Waals surface area contributed by atoms with Crippen molar-refractivity contribution in [2.24, 2.45) is 5.92 Å². The van der Waals surface area contributed by atoms with E-state index in [1.807, 2.05) is 0 Å². The molecular formula is C11H14N4O2S2. The third-order valence-electron chi connectivity index (χ3n) is 2.76. The van der Waals surface area contributed by atoms with Crippen molar-refractivity contribution in [3.05, 3.63) is 10.8 Å². The van der Waals surface area contributed by atoms with Crippen LogP contribution in [0.3, 0.4) is 0 Å². The highest BCUT2D eigenvalue weighted by Gasteiger charge is 2.31. The second kappa shape index (κ2) is 5.70. The van der Waals surface area contributed by atoms with Gasteiger partial charge in [0.1, 0.15) is 11.6 Å². The molecule has 0 bridgehead atoms. The first-order chi connectivity index (χ1) is 8.95. The molecule has 6 nitrogen and oxygen atoms in total. The molecule has 0 aromatic carbocycles. The predicted octanol–water partition coefficient (Wildman–Crippen LogP) is 1.35. The highest BCUT2D eigenvalue weighted by Crippen LogP contribution is 2.26. The molecule has 1 fully saturated rings. The fraction of sp³-hybridized carbons (Fsp3) is 0.455. The van der Waals surface area contributed by atoms with Crippen molar-refractivity contribution in [3.8, 4) is 0 Å². The van der Waals surface area contributed by atoms with Crippen LogP contribution in [0.15, 0.2) is 6.07 Å². The molecule has 0 radical (unpaired) electrons. The third-order valence-corrected chi connectivity index (χ3v) is 3.99. The minimum absolute atomic E-state index is 0.0124. The summed E-state index contributed by atoms with van der Waals surface area (Å²) in [5.41, 5.74) is 5.66. The summed E-state index contributed by atoms with van der Waals surface area (Å²) < 4.78 is 0.254. The van der Waals surface area contributed by atoms with Crippen molar-refractivity contribution in [1.82, 2.24) is 9.97 Å². The molecule has 1 aliphatic heterocycles. The molecule has 0 saturated carbocycles. The van der Waals surface area contributed by atoms with Gasteiger partial charge in [0.2, 0.25) is 5.91 Å². The van der Waals surface area contributed by atoms with Crippen LogP contribution >= 0.6 is 24.0 Å². The Morgan fingerprint density at radius 2 is 2.47 bits per heavy atom. The lowest BCUT2D eigenvalue weighted by molar-refractivity contribution is -0.117. The zero-order valence-electron chi connectivity index (χ0n) is 10.4. The Hall–Kier alpha value is -1.41. The van der Waals surface area contributed by atoms with E-state index in [1.54, 1.807) is 11.0 Å². The van der Waals surface area contributed by atoms with E-state index >= 15 is 0 Å². The molecule has 102 valence electrons. The van der Waals surface area contributed by atoms with Crippen LogP contribution in [-0.2, 0) is 9.59 Å². The summed E-state index contributed by atoms with van der Waals surface area (Å²) in [5, 5.41) is 0.0652. The van der Waals surface area contributed by atoms with Gasteiger partial charge in [-0.15, -0.1) is 0 Å². The van der Waals surface area contributed by atoms with Crippen LogP contribution in [0.25, 0.3) is 0 Å². The number of carbonyl (C=O) groups is 2. The number of aromatic nitrogens is 2. The van der Waals surface area contributed by atoms with Crippen molar-refractivity contribution in [1.29, 1.82) is 0 Å². The molecule has 1 aromatic heterocycles. The number of nitrogens with zero attached hydrogens (tertiary/aromatic N) is 2. The van der Waals surface area contributed by atoms with Gasteiger partial charge in [-0.2, -0.15) is 0 Å². The van der Waals surface area contributed by atoms with Crippen molar-refractivity contribution in [2.45, 2.75) is 13.3 Å². The smallest absolute Gasteiger partial charge is 0.228 e. The first-order valence-corrected chi connectivity index (χ1v) is 7.15. The Balaban J connectivity index is 2.11. The minimum atomic E-state index is -0.0124. The lowest BCUT2D eigenvalue weighted by atomic mass is 10.1. The van der Waals surface area contributed by atoms with Gasteiger partial charge < -0.3 is 10.7 Å². The molecule has 8 heteroatoms. The maximum Gasteiger partial charge on any atom is 0.228 e. The van der Waals surface area contributed by atoms with Crippen LogP contribution in [0.5, 0.6) is 0 Å². The van der Waals surface area contributed by atoms with Gasteiger partial charge >= 0.3 is 0 Å². The van der Waals surface area contributed by atoms with Crippen LogP contribution in [0, 0.1) is 10.7 Å². The van der Waals surface area contributed by atoms with Crippen LogP contribution < -0.4 is 10.6 Å². The number of nitrogen functional groups attached to an aromatic ring is 1. The molecule has 1 aliphatic rings. The highest BCUT2D eigenvalue weighted by molar-refractivity contribution is 8.13. The van der Waals surface area contributed by atoms with E-state index in [0.29, 0.717) is 30.4 Å². The normalized spacial score (nSPS) is 18.9. The number of anilines is 2. The number of H-pyrrole nitrogens is 1. The first-order valence-electron chi connectivity index (χ1n) is 5.76. The van der Waals surface area contributed by atoms with Crippen molar-refractivity contribution in [2.75, 3.05) is 22.9 Å². The zero-order valence-corrected chi connectivity index (χ0v) is 12.0. The summed E-state index contributed by atoms with van der Waals surface area (Å²) >= 11 is 6.19. The van der Waals surface area contributed by atoms with E-state index in [0.717, 1.165) is 0 Å². The van der Waals surface area contributed by atoms with Crippen LogP contribution in [-0.4, -0.2) is 33.3 Å². The monoisotopic (exact) mass is 298 g/mol. The molecule has 19 heavy (non-hydrogen) atoms. The summed E-state index contributed by atoms with van der Waals surface area (Å²) in [6.45, 7) is 2.07. The topological polar surface area (TPSA) is 92.1 Å². The summed E-state index contributed by atoms with van der Waals surface area (Å²) in [5.74, 6) is 1.64. The maximum absolute atomic E-state index is 12.0. The molecular weight excluding hydrogens is 284 g/mol. The van der Waals surface area contributed by atoms with Crippen LogP contribution in [0.4, 0.5) is 11.6 Å². The fourth-order valence-corrected chi connectivity index (χ4v) is 2.86. The number of carbonyl (C=O) groups excluding carboxylic acids is 2. The number of hydrogen-bond donors (Lipinski definition) is 2. The van der Waals surface area contributed by atoms with Gasteiger partial charge in [0.25, 0.3) is 0 Å². The van der Waals surface area contributed by atoms with E-state index < -0.39 is 0 Å². The third kappa shape index (κ3) is 3.54. The van der Waals surface area contributed by atoms with Gasteiger partial charge in [-0.25, -0.2) is 4.98 Å². The van der Waals surface area contributed by atoms with Crippen LogP contribution in [0.2, 0.25) is 0 Å². The zero-order chi connectivity index (χ0) is 14.0. The van der Waals surface area contributed by atoms with E-state index in [9.17, 15) is 9.59 Å². The molecule has 1 aromatic rings. The number of thioether (sulfide) groups is 1. The van der Waals surface area contributed by atoms with Gasteiger partial charge in [-0.1, -0.05) is 11.8 Å².